The molecule has 1 saturated heterocycles. The van der Waals surface area contributed by atoms with E-state index in [1.54, 1.807) is 19.1 Å². The number of rotatable bonds is 6. The fourth-order valence-corrected chi connectivity index (χ4v) is 4.44. The summed E-state index contributed by atoms with van der Waals surface area (Å²) < 4.78 is 18.6. The highest BCUT2D eigenvalue weighted by Crippen LogP contribution is 2.40. The molecule has 0 radical (unpaired) electrons. The summed E-state index contributed by atoms with van der Waals surface area (Å²) in [4.78, 5) is 15.0. The minimum atomic E-state index is -1.25. The SMILES string of the molecule is CCOC(=O)C(c1ccc(F)cc1)C1(O)CCN(C(C)c2ccccc2Cl)CC1. The summed E-state index contributed by atoms with van der Waals surface area (Å²) in [6, 6.07) is 13.6. The Kier molecular flexibility index (Phi) is 6.93. The lowest BCUT2D eigenvalue weighted by molar-refractivity contribution is -0.155. The highest BCUT2D eigenvalue weighted by atomic mass is 35.5. The first kappa shape index (κ1) is 21.8. The van der Waals surface area contributed by atoms with Crippen LogP contribution in [0.3, 0.4) is 0 Å². The molecule has 1 N–H and O–H groups in total. The van der Waals surface area contributed by atoms with Gasteiger partial charge in [-0.05, 0) is 56.0 Å². The molecule has 0 aliphatic carbocycles. The number of aliphatic hydroxyl groups is 1. The van der Waals surface area contributed by atoms with Gasteiger partial charge in [0.05, 0.1) is 12.2 Å². The molecule has 3 rings (SSSR count). The van der Waals surface area contributed by atoms with Gasteiger partial charge in [0.15, 0.2) is 0 Å². The first-order valence-electron chi connectivity index (χ1n) is 9.98. The number of hydrogen-bond donors (Lipinski definition) is 1. The lowest BCUT2D eigenvalue weighted by atomic mass is 9.75. The number of benzene rings is 2. The maximum absolute atomic E-state index is 13.4. The third-order valence-electron chi connectivity index (χ3n) is 5.83. The minimum Gasteiger partial charge on any atom is -0.465 e. The fourth-order valence-electron chi connectivity index (χ4n) is 4.14. The van der Waals surface area contributed by atoms with Gasteiger partial charge in [0.2, 0.25) is 0 Å². The van der Waals surface area contributed by atoms with Gasteiger partial charge in [0, 0.05) is 24.2 Å². The number of halogens is 2. The first-order valence-corrected chi connectivity index (χ1v) is 10.4. The molecule has 6 heteroatoms. The molecule has 0 saturated carbocycles. The van der Waals surface area contributed by atoms with Crippen LogP contribution in [0.1, 0.15) is 49.8 Å². The Morgan fingerprint density at radius 3 is 2.41 bits per heavy atom. The summed E-state index contributed by atoms with van der Waals surface area (Å²) in [6.07, 6.45) is 0.811. The molecule has 0 bridgehead atoms. The van der Waals surface area contributed by atoms with Crippen molar-refractivity contribution in [3.8, 4) is 0 Å². The van der Waals surface area contributed by atoms with Crippen molar-refractivity contribution in [1.29, 1.82) is 0 Å². The smallest absolute Gasteiger partial charge is 0.316 e. The largest absolute Gasteiger partial charge is 0.465 e. The van der Waals surface area contributed by atoms with Crippen molar-refractivity contribution >= 4 is 17.6 Å². The van der Waals surface area contributed by atoms with Gasteiger partial charge in [-0.2, -0.15) is 0 Å². The van der Waals surface area contributed by atoms with Gasteiger partial charge in [-0.15, -0.1) is 0 Å². The third kappa shape index (κ3) is 4.80. The predicted octanol–water partition coefficient (Wildman–Crippen LogP) is 4.71. The first-order chi connectivity index (χ1) is 13.9. The lowest BCUT2D eigenvalue weighted by Crippen LogP contribution is -2.50. The molecule has 1 aliphatic rings. The second-order valence-corrected chi connectivity index (χ2v) is 7.98. The van der Waals surface area contributed by atoms with Crippen LogP contribution in [0.15, 0.2) is 48.5 Å². The van der Waals surface area contributed by atoms with E-state index in [-0.39, 0.29) is 18.5 Å². The zero-order chi connectivity index (χ0) is 21.0. The van der Waals surface area contributed by atoms with Crippen molar-refractivity contribution in [3.05, 3.63) is 70.5 Å². The van der Waals surface area contributed by atoms with E-state index < -0.39 is 17.5 Å². The van der Waals surface area contributed by atoms with Crippen molar-refractivity contribution in [2.75, 3.05) is 19.7 Å². The summed E-state index contributed by atoms with van der Waals surface area (Å²) in [6.45, 7) is 5.27. The molecule has 0 aromatic heterocycles. The average Bonchev–Trinajstić information content (AvgIpc) is 2.70. The number of carbonyl (C=O) groups is 1. The Balaban J connectivity index is 1.79. The molecule has 2 aromatic carbocycles. The Morgan fingerprint density at radius 2 is 1.83 bits per heavy atom. The molecule has 1 fully saturated rings. The predicted molar refractivity (Wildman–Crippen MR) is 111 cm³/mol. The van der Waals surface area contributed by atoms with E-state index in [0.717, 1.165) is 10.6 Å². The van der Waals surface area contributed by atoms with Crippen LogP contribution in [0.4, 0.5) is 4.39 Å². The van der Waals surface area contributed by atoms with E-state index in [4.69, 9.17) is 16.3 Å². The topological polar surface area (TPSA) is 49.8 Å². The normalized spacial score (nSPS) is 18.8. The van der Waals surface area contributed by atoms with Crippen molar-refractivity contribution in [3.63, 3.8) is 0 Å². The number of piperidine rings is 1. The molecule has 2 aromatic rings. The van der Waals surface area contributed by atoms with Crippen LogP contribution in [-0.4, -0.2) is 41.3 Å². The molecular formula is C23H27ClFNO3. The Bertz CT molecular complexity index is 834. The van der Waals surface area contributed by atoms with Gasteiger partial charge >= 0.3 is 5.97 Å². The van der Waals surface area contributed by atoms with Gasteiger partial charge in [-0.3, -0.25) is 9.69 Å². The zero-order valence-corrected chi connectivity index (χ0v) is 17.5. The summed E-state index contributed by atoms with van der Waals surface area (Å²) in [5.41, 5.74) is 0.362. The lowest BCUT2D eigenvalue weighted by Gasteiger charge is -2.44. The molecule has 0 spiro atoms. The van der Waals surface area contributed by atoms with Gasteiger partial charge in [0.25, 0.3) is 0 Å². The summed E-state index contributed by atoms with van der Waals surface area (Å²) in [7, 11) is 0. The third-order valence-corrected chi connectivity index (χ3v) is 6.17. The van der Waals surface area contributed by atoms with Gasteiger partial charge in [0.1, 0.15) is 11.7 Å². The van der Waals surface area contributed by atoms with Crippen LogP contribution in [0, 0.1) is 5.82 Å². The number of nitrogens with zero attached hydrogens (tertiary/aromatic N) is 1. The van der Waals surface area contributed by atoms with Crippen LogP contribution in [0.2, 0.25) is 5.02 Å². The molecule has 1 heterocycles. The minimum absolute atomic E-state index is 0.0973. The van der Waals surface area contributed by atoms with E-state index in [0.29, 0.717) is 31.5 Å². The van der Waals surface area contributed by atoms with Crippen molar-refractivity contribution in [2.45, 2.75) is 44.2 Å². The van der Waals surface area contributed by atoms with E-state index in [2.05, 4.69) is 11.8 Å². The van der Waals surface area contributed by atoms with Crippen LogP contribution in [-0.2, 0) is 9.53 Å². The molecule has 2 unspecified atom stereocenters. The van der Waals surface area contributed by atoms with E-state index in [1.807, 2.05) is 24.3 Å². The monoisotopic (exact) mass is 419 g/mol. The number of ether oxygens (including phenoxy) is 1. The maximum atomic E-state index is 13.4. The molecule has 0 amide bonds. The van der Waals surface area contributed by atoms with Crippen LogP contribution < -0.4 is 0 Å². The number of esters is 1. The standard InChI is InChI=1S/C23H27ClFNO3/c1-3-29-22(27)21(17-8-10-18(25)11-9-17)23(28)12-14-26(15-13-23)16(2)19-6-4-5-7-20(19)24/h4-11,16,21,28H,3,12-15H2,1-2H3. The van der Waals surface area contributed by atoms with Gasteiger partial charge in [-0.1, -0.05) is 41.9 Å². The number of likely N-dealkylation sites (tertiary alicyclic amines) is 1. The summed E-state index contributed by atoms with van der Waals surface area (Å²) in [5, 5.41) is 12.1. The van der Waals surface area contributed by atoms with Gasteiger partial charge in [-0.25, -0.2) is 4.39 Å². The summed E-state index contributed by atoms with van der Waals surface area (Å²) >= 11 is 6.35. The molecule has 4 nitrogen and oxygen atoms in total. The van der Waals surface area contributed by atoms with Crippen LogP contribution in [0.25, 0.3) is 0 Å². The second kappa shape index (κ2) is 9.24. The van der Waals surface area contributed by atoms with E-state index in [1.165, 1.54) is 12.1 Å². The second-order valence-electron chi connectivity index (χ2n) is 7.57. The fraction of sp³-hybridized carbons (Fsp3) is 0.435. The molecule has 2 atom stereocenters. The van der Waals surface area contributed by atoms with Crippen molar-refractivity contribution in [1.82, 2.24) is 4.90 Å². The Labute approximate surface area is 176 Å². The molecular weight excluding hydrogens is 393 g/mol. The average molecular weight is 420 g/mol. The van der Waals surface area contributed by atoms with E-state index in [9.17, 15) is 14.3 Å². The highest BCUT2D eigenvalue weighted by Gasteiger charge is 2.46. The van der Waals surface area contributed by atoms with Crippen molar-refractivity contribution in [2.24, 2.45) is 0 Å². The van der Waals surface area contributed by atoms with Crippen LogP contribution in [0.5, 0.6) is 0 Å². The number of carbonyl (C=O) groups excluding carboxylic acids is 1. The zero-order valence-electron chi connectivity index (χ0n) is 16.8. The van der Waals surface area contributed by atoms with Crippen molar-refractivity contribution < 1.29 is 19.0 Å². The maximum Gasteiger partial charge on any atom is 0.316 e. The summed E-state index contributed by atoms with van der Waals surface area (Å²) in [5.74, 6) is -1.71. The van der Waals surface area contributed by atoms with Crippen LogP contribution >= 0.6 is 11.6 Å². The molecule has 1 aliphatic heterocycles. The Hall–Kier alpha value is -1.95. The molecule has 29 heavy (non-hydrogen) atoms. The quantitative estimate of drug-likeness (QED) is 0.688. The van der Waals surface area contributed by atoms with E-state index >= 15 is 0 Å². The number of hydrogen-bond acceptors (Lipinski definition) is 4. The van der Waals surface area contributed by atoms with Gasteiger partial charge < -0.3 is 9.84 Å². The molecule has 156 valence electrons. The Morgan fingerprint density at radius 1 is 1.21 bits per heavy atom. The highest BCUT2D eigenvalue weighted by molar-refractivity contribution is 6.31.